The van der Waals surface area contributed by atoms with Crippen molar-refractivity contribution in [3.05, 3.63) is 59.5 Å². The molecule has 1 amide bonds. The van der Waals surface area contributed by atoms with Crippen molar-refractivity contribution in [2.24, 2.45) is 5.73 Å². The van der Waals surface area contributed by atoms with E-state index in [0.29, 0.717) is 23.6 Å². The molecule has 0 aliphatic rings. The molecule has 0 fully saturated rings. The molecule has 1 aromatic heterocycles. The molecule has 4 nitrogen and oxygen atoms in total. The molecule has 0 aliphatic heterocycles. The Hall–Kier alpha value is -2.27. The lowest BCUT2D eigenvalue weighted by atomic mass is 10.2. The van der Waals surface area contributed by atoms with Crippen LogP contribution in [-0.2, 0) is 6.54 Å². The molecule has 2 rings (SSSR count). The largest absolute Gasteiger partial charge is 0.325 e. The van der Waals surface area contributed by atoms with Crippen LogP contribution >= 0.6 is 0 Å². The average molecular weight is 245 g/mol. The Labute approximate surface area is 104 Å². The van der Waals surface area contributed by atoms with Crippen molar-refractivity contribution < 1.29 is 9.18 Å². The summed E-state index contributed by atoms with van der Waals surface area (Å²) in [6.45, 7) is 0.306. The van der Waals surface area contributed by atoms with Crippen LogP contribution in [0.25, 0.3) is 0 Å². The monoisotopic (exact) mass is 245 g/mol. The molecule has 2 aromatic rings. The Morgan fingerprint density at radius 2 is 1.94 bits per heavy atom. The lowest BCUT2D eigenvalue weighted by Gasteiger charge is -2.05. The van der Waals surface area contributed by atoms with Crippen molar-refractivity contribution in [3.8, 4) is 0 Å². The highest BCUT2D eigenvalue weighted by atomic mass is 19.1. The molecule has 18 heavy (non-hydrogen) atoms. The van der Waals surface area contributed by atoms with Crippen molar-refractivity contribution in [1.29, 1.82) is 0 Å². The maximum absolute atomic E-state index is 12.7. The third kappa shape index (κ3) is 2.89. The second-order valence-corrected chi connectivity index (χ2v) is 3.68. The fourth-order valence-corrected chi connectivity index (χ4v) is 1.45. The van der Waals surface area contributed by atoms with Gasteiger partial charge in [-0.15, -0.1) is 0 Å². The van der Waals surface area contributed by atoms with Crippen molar-refractivity contribution in [2.45, 2.75) is 6.54 Å². The summed E-state index contributed by atoms with van der Waals surface area (Å²) in [6.07, 6.45) is 0. The maximum Gasteiger partial charge on any atom is 0.256 e. The molecule has 0 saturated carbocycles. The Kier molecular flexibility index (Phi) is 3.64. The topological polar surface area (TPSA) is 68.0 Å². The van der Waals surface area contributed by atoms with Gasteiger partial charge in [0.05, 0.1) is 5.69 Å². The zero-order valence-electron chi connectivity index (χ0n) is 9.56. The molecule has 0 unspecified atom stereocenters. The number of carbonyl (C=O) groups is 1. The number of benzene rings is 1. The molecule has 1 aromatic carbocycles. The maximum atomic E-state index is 12.7. The van der Waals surface area contributed by atoms with E-state index in [0.717, 1.165) is 0 Å². The number of nitrogens with zero attached hydrogens (tertiary/aromatic N) is 1. The minimum atomic E-state index is -0.380. The number of hydrogen-bond donors (Lipinski definition) is 2. The predicted molar refractivity (Wildman–Crippen MR) is 66.5 cm³/mol. The number of aromatic nitrogens is 1. The van der Waals surface area contributed by atoms with Crippen LogP contribution < -0.4 is 11.1 Å². The van der Waals surface area contributed by atoms with E-state index in [2.05, 4.69) is 10.3 Å². The van der Waals surface area contributed by atoms with Gasteiger partial charge >= 0.3 is 0 Å². The van der Waals surface area contributed by atoms with E-state index in [9.17, 15) is 9.18 Å². The summed E-state index contributed by atoms with van der Waals surface area (Å²) in [6, 6.07) is 10.5. The number of pyridine rings is 1. The second kappa shape index (κ2) is 5.37. The van der Waals surface area contributed by atoms with Gasteiger partial charge < -0.3 is 11.1 Å². The summed E-state index contributed by atoms with van der Waals surface area (Å²) in [5, 5.41) is 2.62. The summed E-state index contributed by atoms with van der Waals surface area (Å²) in [7, 11) is 0. The van der Waals surface area contributed by atoms with Gasteiger partial charge in [-0.3, -0.25) is 4.79 Å². The predicted octanol–water partition coefficient (Wildman–Crippen LogP) is 1.93. The van der Waals surface area contributed by atoms with Gasteiger partial charge in [0, 0.05) is 12.1 Å². The van der Waals surface area contributed by atoms with Gasteiger partial charge in [0.15, 0.2) is 0 Å². The van der Waals surface area contributed by atoms with E-state index >= 15 is 0 Å². The average Bonchev–Trinajstić information content (AvgIpc) is 2.39. The number of carbonyl (C=O) groups excluding carboxylic acids is 1. The first-order valence-corrected chi connectivity index (χ1v) is 5.42. The van der Waals surface area contributed by atoms with Crippen molar-refractivity contribution in [3.63, 3.8) is 0 Å². The molecule has 0 aliphatic carbocycles. The van der Waals surface area contributed by atoms with Crippen LogP contribution in [0, 0.1) is 5.82 Å². The zero-order chi connectivity index (χ0) is 13.0. The Balaban J connectivity index is 2.13. The minimum Gasteiger partial charge on any atom is -0.325 e. The first-order chi connectivity index (χ1) is 8.69. The van der Waals surface area contributed by atoms with E-state index in [1.54, 1.807) is 18.2 Å². The van der Waals surface area contributed by atoms with E-state index in [-0.39, 0.29) is 11.7 Å². The van der Waals surface area contributed by atoms with Crippen LogP contribution in [0.15, 0.2) is 42.5 Å². The van der Waals surface area contributed by atoms with E-state index in [4.69, 9.17) is 5.73 Å². The molecule has 3 N–H and O–H groups in total. The highest BCUT2D eigenvalue weighted by Gasteiger charge is 2.06. The lowest BCUT2D eigenvalue weighted by Crippen LogP contribution is -2.13. The number of anilines is 1. The second-order valence-electron chi connectivity index (χ2n) is 3.68. The fraction of sp³-hybridized carbons (Fsp3) is 0.0769. The number of hydrogen-bond acceptors (Lipinski definition) is 3. The van der Waals surface area contributed by atoms with Gasteiger partial charge in [-0.05, 0) is 36.4 Å². The van der Waals surface area contributed by atoms with Gasteiger partial charge in [-0.2, -0.15) is 0 Å². The number of nitrogens with one attached hydrogen (secondary N) is 1. The normalized spacial score (nSPS) is 10.1. The molecule has 0 saturated heterocycles. The van der Waals surface area contributed by atoms with E-state index in [1.165, 1.54) is 24.3 Å². The van der Waals surface area contributed by atoms with Crippen molar-refractivity contribution in [1.82, 2.24) is 4.98 Å². The Morgan fingerprint density at radius 1 is 1.22 bits per heavy atom. The van der Waals surface area contributed by atoms with E-state index < -0.39 is 0 Å². The first-order valence-electron chi connectivity index (χ1n) is 5.42. The fourth-order valence-electron chi connectivity index (χ4n) is 1.45. The van der Waals surface area contributed by atoms with Gasteiger partial charge in [0.2, 0.25) is 0 Å². The van der Waals surface area contributed by atoms with Crippen LogP contribution in [-0.4, -0.2) is 10.9 Å². The third-order valence-corrected chi connectivity index (χ3v) is 2.36. The lowest BCUT2D eigenvalue weighted by molar-refractivity contribution is 0.102. The summed E-state index contributed by atoms with van der Waals surface area (Å²) in [5.41, 5.74) is 6.52. The summed E-state index contributed by atoms with van der Waals surface area (Å²) in [5.74, 6) is -0.293. The van der Waals surface area contributed by atoms with Crippen LogP contribution in [0.4, 0.5) is 10.2 Å². The standard InChI is InChI=1S/C13H12FN3O/c14-10-6-4-9(5-7-10)13(18)17-12-3-1-2-11(8-15)16-12/h1-7H,8,15H2,(H,16,17,18). The van der Waals surface area contributed by atoms with Gasteiger partial charge in [0.25, 0.3) is 5.91 Å². The van der Waals surface area contributed by atoms with Gasteiger partial charge in [-0.25, -0.2) is 9.37 Å². The summed E-state index contributed by atoms with van der Waals surface area (Å²) < 4.78 is 12.7. The molecule has 0 bridgehead atoms. The Bertz CT molecular complexity index is 554. The number of rotatable bonds is 3. The van der Waals surface area contributed by atoms with Crippen LogP contribution in [0.2, 0.25) is 0 Å². The van der Waals surface area contributed by atoms with Crippen LogP contribution in [0.5, 0.6) is 0 Å². The number of halogens is 1. The quantitative estimate of drug-likeness (QED) is 0.868. The summed E-state index contributed by atoms with van der Waals surface area (Å²) in [4.78, 5) is 16.0. The molecule has 0 radical (unpaired) electrons. The highest BCUT2D eigenvalue weighted by Crippen LogP contribution is 2.08. The molecular formula is C13H12FN3O. The molecule has 1 heterocycles. The smallest absolute Gasteiger partial charge is 0.256 e. The molecule has 0 atom stereocenters. The Morgan fingerprint density at radius 3 is 2.61 bits per heavy atom. The molecule has 92 valence electrons. The summed E-state index contributed by atoms with van der Waals surface area (Å²) >= 11 is 0. The van der Waals surface area contributed by atoms with Crippen LogP contribution in [0.3, 0.4) is 0 Å². The van der Waals surface area contributed by atoms with Crippen molar-refractivity contribution >= 4 is 11.7 Å². The SMILES string of the molecule is NCc1cccc(NC(=O)c2ccc(F)cc2)n1. The minimum absolute atomic E-state index is 0.306. The highest BCUT2D eigenvalue weighted by molar-refractivity contribution is 6.03. The van der Waals surface area contributed by atoms with Crippen molar-refractivity contribution in [2.75, 3.05) is 5.32 Å². The molecule has 5 heteroatoms. The van der Waals surface area contributed by atoms with Gasteiger partial charge in [-0.1, -0.05) is 6.07 Å². The number of amides is 1. The van der Waals surface area contributed by atoms with Gasteiger partial charge in [0.1, 0.15) is 11.6 Å². The number of nitrogens with two attached hydrogens (primary N) is 1. The molecular weight excluding hydrogens is 233 g/mol. The third-order valence-electron chi connectivity index (χ3n) is 2.36. The first kappa shape index (κ1) is 12.2. The van der Waals surface area contributed by atoms with E-state index in [1.807, 2.05) is 0 Å². The van der Waals surface area contributed by atoms with Crippen LogP contribution in [0.1, 0.15) is 16.1 Å². The zero-order valence-corrected chi connectivity index (χ0v) is 9.56. The molecule has 0 spiro atoms.